The van der Waals surface area contributed by atoms with Gasteiger partial charge in [0, 0.05) is 13.1 Å². The average Bonchev–Trinajstić information content (AvgIpc) is 2.81. The minimum absolute atomic E-state index is 0.00626. The van der Waals surface area contributed by atoms with Crippen LogP contribution in [0.3, 0.4) is 0 Å². The quantitative estimate of drug-likeness (QED) is 0.839. The van der Waals surface area contributed by atoms with Crippen molar-refractivity contribution in [2.24, 2.45) is 11.7 Å². The Hall–Kier alpha value is -1.20. The normalized spacial score (nSPS) is 19.3. The highest BCUT2D eigenvalue weighted by Gasteiger charge is 2.27. The molecule has 1 aliphatic rings. The van der Waals surface area contributed by atoms with Gasteiger partial charge in [-0.05, 0) is 31.0 Å². The van der Waals surface area contributed by atoms with Crippen LogP contribution in [0.2, 0.25) is 5.02 Å². The van der Waals surface area contributed by atoms with Crippen LogP contribution in [-0.4, -0.2) is 30.4 Å². The first-order chi connectivity index (χ1) is 8.52. The van der Waals surface area contributed by atoms with E-state index < -0.39 is 11.6 Å². The molecule has 1 aromatic rings. The monoisotopic (exact) mass is 274 g/mol. The number of halogens is 3. The minimum Gasteiger partial charge on any atom is -0.338 e. The van der Waals surface area contributed by atoms with Gasteiger partial charge in [-0.15, -0.1) is 0 Å². The molecule has 18 heavy (non-hydrogen) atoms. The largest absolute Gasteiger partial charge is 0.338 e. The molecule has 0 aromatic heterocycles. The van der Waals surface area contributed by atoms with Crippen LogP contribution in [0, 0.1) is 17.6 Å². The summed E-state index contributed by atoms with van der Waals surface area (Å²) in [6, 6.07) is 1.66. The van der Waals surface area contributed by atoms with Crippen LogP contribution in [-0.2, 0) is 0 Å². The van der Waals surface area contributed by atoms with Gasteiger partial charge >= 0.3 is 0 Å². The summed E-state index contributed by atoms with van der Waals surface area (Å²) in [4.78, 5) is 13.7. The van der Waals surface area contributed by atoms with E-state index >= 15 is 0 Å². The topological polar surface area (TPSA) is 46.3 Å². The van der Waals surface area contributed by atoms with E-state index in [2.05, 4.69) is 0 Å². The number of nitrogens with zero attached hydrogens (tertiary/aromatic N) is 1. The van der Waals surface area contributed by atoms with Gasteiger partial charge in [-0.25, -0.2) is 8.78 Å². The van der Waals surface area contributed by atoms with Crippen molar-refractivity contribution in [2.75, 3.05) is 19.6 Å². The number of benzene rings is 1. The first-order valence-electron chi connectivity index (χ1n) is 5.66. The highest BCUT2D eigenvalue weighted by atomic mass is 35.5. The second kappa shape index (κ2) is 5.20. The molecule has 1 amide bonds. The molecule has 0 unspecified atom stereocenters. The lowest BCUT2D eigenvalue weighted by molar-refractivity contribution is 0.0787. The van der Waals surface area contributed by atoms with Crippen LogP contribution in [0.4, 0.5) is 8.78 Å². The molecule has 1 aromatic carbocycles. The van der Waals surface area contributed by atoms with E-state index in [4.69, 9.17) is 17.3 Å². The fourth-order valence-electron chi connectivity index (χ4n) is 2.07. The first-order valence-corrected chi connectivity index (χ1v) is 6.04. The Bertz CT molecular complexity index is 481. The van der Waals surface area contributed by atoms with Crippen LogP contribution < -0.4 is 5.73 Å². The van der Waals surface area contributed by atoms with Crippen LogP contribution in [0.1, 0.15) is 16.8 Å². The van der Waals surface area contributed by atoms with Gasteiger partial charge in [0.15, 0.2) is 11.6 Å². The Morgan fingerprint density at radius 3 is 2.72 bits per heavy atom. The molecule has 6 heteroatoms. The van der Waals surface area contributed by atoms with Crippen molar-refractivity contribution < 1.29 is 13.6 Å². The van der Waals surface area contributed by atoms with Gasteiger partial charge in [-0.2, -0.15) is 0 Å². The Balaban J connectivity index is 2.22. The van der Waals surface area contributed by atoms with Crippen molar-refractivity contribution >= 4 is 17.5 Å². The van der Waals surface area contributed by atoms with Gasteiger partial charge < -0.3 is 10.6 Å². The Morgan fingerprint density at radius 2 is 2.11 bits per heavy atom. The van der Waals surface area contributed by atoms with Gasteiger partial charge in [0.2, 0.25) is 0 Å². The number of likely N-dealkylation sites (tertiary alicyclic amines) is 1. The third-order valence-electron chi connectivity index (χ3n) is 3.15. The maximum atomic E-state index is 13.1. The molecular weight excluding hydrogens is 262 g/mol. The summed E-state index contributed by atoms with van der Waals surface area (Å²) < 4.78 is 26.0. The number of rotatable bonds is 2. The molecule has 0 aliphatic carbocycles. The SMILES string of the molecule is NC[C@H]1CCN(C(=O)c2cc(F)c(F)cc2Cl)C1. The third kappa shape index (κ3) is 2.47. The van der Waals surface area contributed by atoms with Gasteiger partial charge in [0.1, 0.15) is 0 Å². The molecule has 2 N–H and O–H groups in total. The smallest absolute Gasteiger partial charge is 0.255 e. The standard InChI is InChI=1S/C12H13ClF2N2O/c13-9-4-11(15)10(14)3-8(9)12(18)17-2-1-7(5-16)6-17/h3-4,7H,1-2,5-6,16H2/t7-/m1/s1. The molecule has 98 valence electrons. The molecule has 3 nitrogen and oxygen atoms in total. The zero-order valence-electron chi connectivity index (χ0n) is 9.63. The average molecular weight is 275 g/mol. The van der Waals surface area contributed by atoms with E-state index in [1.807, 2.05) is 0 Å². The number of hydrogen-bond acceptors (Lipinski definition) is 2. The number of carbonyl (C=O) groups is 1. The summed E-state index contributed by atoms with van der Waals surface area (Å²) in [5.41, 5.74) is 5.53. The molecule has 1 aliphatic heterocycles. The molecule has 0 spiro atoms. The third-order valence-corrected chi connectivity index (χ3v) is 3.46. The highest BCUT2D eigenvalue weighted by Crippen LogP contribution is 2.24. The second-order valence-electron chi connectivity index (χ2n) is 4.39. The number of hydrogen-bond donors (Lipinski definition) is 1. The van der Waals surface area contributed by atoms with Gasteiger partial charge in [-0.1, -0.05) is 11.6 Å². The van der Waals surface area contributed by atoms with E-state index in [1.165, 1.54) is 0 Å². The van der Waals surface area contributed by atoms with E-state index in [0.717, 1.165) is 18.6 Å². The summed E-state index contributed by atoms with van der Waals surface area (Å²) in [5.74, 6) is -2.25. The predicted molar refractivity (Wildman–Crippen MR) is 64.4 cm³/mol. The van der Waals surface area contributed by atoms with Crippen molar-refractivity contribution in [3.63, 3.8) is 0 Å². The maximum Gasteiger partial charge on any atom is 0.255 e. The molecule has 0 bridgehead atoms. The lowest BCUT2D eigenvalue weighted by Crippen LogP contribution is -2.30. The zero-order valence-corrected chi connectivity index (χ0v) is 10.4. The summed E-state index contributed by atoms with van der Waals surface area (Å²) in [5, 5.41) is -0.0740. The van der Waals surface area contributed by atoms with E-state index in [0.29, 0.717) is 19.6 Å². The van der Waals surface area contributed by atoms with Gasteiger partial charge in [-0.3, -0.25) is 4.79 Å². The minimum atomic E-state index is -1.07. The number of carbonyl (C=O) groups excluding carboxylic acids is 1. The van der Waals surface area contributed by atoms with Crippen LogP contribution in [0.25, 0.3) is 0 Å². The van der Waals surface area contributed by atoms with E-state index in [1.54, 1.807) is 4.90 Å². The van der Waals surface area contributed by atoms with Crippen molar-refractivity contribution in [1.82, 2.24) is 4.90 Å². The van der Waals surface area contributed by atoms with Crippen LogP contribution in [0.15, 0.2) is 12.1 Å². The Kier molecular flexibility index (Phi) is 3.82. The lowest BCUT2D eigenvalue weighted by Gasteiger charge is -2.17. The summed E-state index contributed by atoms with van der Waals surface area (Å²) >= 11 is 5.77. The molecule has 1 saturated heterocycles. The van der Waals surface area contributed by atoms with Gasteiger partial charge in [0.25, 0.3) is 5.91 Å². The summed E-state index contributed by atoms with van der Waals surface area (Å²) in [6.45, 7) is 1.61. The Morgan fingerprint density at radius 1 is 1.44 bits per heavy atom. The van der Waals surface area contributed by atoms with Crippen molar-refractivity contribution in [3.8, 4) is 0 Å². The van der Waals surface area contributed by atoms with Crippen molar-refractivity contribution in [3.05, 3.63) is 34.4 Å². The van der Waals surface area contributed by atoms with Crippen molar-refractivity contribution in [2.45, 2.75) is 6.42 Å². The van der Waals surface area contributed by atoms with Crippen LogP contribution in [0.5, 0.6) is 0 Å². The van der Waals surface area contributed by atoms with E-state index in [9.17, 15) is 13.6 Å². The zero-order chi connectivity index (χ0) is 13.3. The predicted octanol–water partition coefficient (Wildman–Crippen LogP) is 2.04. The first kappa shape index (κ1) is 13.2. The van der Waals surface area contributed by atoms with Gasteiger partial charge in [0.05, 0.1) is 10.6 Å². The molecule has 1 atom stereocenters. The molecular formula is C12H13ClF2N2O. The fraction of sp³-hybridized carbons (Fsp3) is 0.417. The number of amides is 1. The summed E-state index contributed by atoms with van der Waals surface area (Å²) in [6.07, 6.45) is 0.823. The molecule has 0 radical (unpaired) electrons. The lowest BCUT2D eigenvalue weighted by atomic mass is 10.1. The molecule has 2 rings (SSSR count). The second-order valence-corrected chi connectivity index (χ2v) is 4.79. The van der Waals surface area contributed by atoms with Crippen molar-refractivity contribution in [1.29, 1.82) is 0 Å². The Labute approximate surface area is 109 Å². The van der Waals surface area contributed by atoms with E-state index in [-0.39, 0.29) is 22.4 Å². The fourth-order valence-corrected chi connectivity index (χ4v) is 2.30. The summed E-state index contributed by atoms with van der Waals surface area (Å²) in [7, 11) is 0. The molecule has 1 fully saturated rings. The molecule has 1 heterocycles. The van der Waals surface area contributed by atoms with Crippen LogP contribution >= 0.6 is 11.6 Å². The molecule has 0 saturated carbocycles. The maximum absolute atomic E-state index is 13.1. The number of nitrogens with two attached hydrogens (primary N) is 1. The highest BCUT2D eigenvalue weighted by molar-refractivity contribution is 6.33.